The molecule has 0 aliphatic heterocycles. The van der Waals surface area contributed by atoms with E-state index < -0.39 is 0 Å². The standard InChI is InChI=1S/C18H14/c1-13-7-8-17(11-14(13)2)18-10-9-15-5-3-4-6-16(15)12-18/h3-12H,1-2H2. The molecule has 0 radical (unpaired) electrons. The van der Waals surface area contributed by atoms with Crippen LogP contribution in [-0.4, -0.2) is 0 Å². The highest BCUT2D eigenvalue weighted by molar-refractivity contribution is 5.87. The molecule has 0 aromatic heterocycles. The average Bonchev–Trinajstić information content (AvgIpc) is 2.41. The van der Waals surface area contributed by atoms with Crippen molar-refractivity contribution < 1.29 is 0 Å². The monoisotopic (exact) mass is 230 g/mol. The quantitative estimate of drug-likeness (QED) is 0.601. The van der Waals surface area contributed by atoms with E-state index in [0.29, 0.717) is 0 Å². The first-order chi connectivity index (χ1) is 8.74. The van der Waals surface area contributed by atoms with Crippen molar-refractivity contribution in [3.8, 4) is 11.1 Å². The molecule has 0 heterocycles. The minimum Gasteiger partial charge on any atom is -0.0912 e. The molecule has 0 aliphatic rings. The van der Waals surface area contributed by atoms with E-state index in [2.05, 4.69) is 67.8 Å². The predicted octanol–water partition coefficient (Wildman–Crippen LogP) is 3.33. The Labute approximate surface area is 107 Å². The van der Waals surface area contributed by atoms with Crippen molar-refractivity contribution in [1.29, 1.82) is 0 Å². The van der Waals surface area contributed by atoms with Gasteiger partial charge in [-0.25, -0.2) is 0 Å². The summed E-state index contributed by atoms with van der Waals surface area (Å²) < 4.78 is 0. The maximum atomic E-state index is 4.01. The van der Waals surface area contributed by atoms with E-state index in [0.717, 1.165) is 10.4 Å². The summed E-state index contributed by atoms with van der Waals surface area (Å²) in [4.78, 5) is 0. The molecule has 0 fully saturated rings. The lowest BCUT2D eigenvalue weighted by Gasteiger charge is -2.04. The summed E-state index contributed by atoms with van der Waals surface area (Å²) in [5, 5.41) is 4.50. The van der Waals surface area contributed by atoms with Gasteiger partial charge < -0.3 is 0 Å². The zero-order valence-corrected chi connectivity index (χ0v) is 10.2. The van der Waals surface area contributed by atoms with Crippen LogP contribution in [0.2, 0.25) is 0 Å². The highest BCUT2D eigenvalue weighted by Gasteiger charge is 1.99. The van der Waals surface area contributed by atoms with Crippen LogP contribution in [0.3, 0.4) is 0 Å². The second-order valence-electron chi connectivity index (χ2n) is 4.55. The van der Waals surface area contributed by atoms with Gasteiger partial charge in [-0.3, -0.25) is 0 Å². The Morgan fingerprint density at radius 2 is 1.22 bits per heavy atom. The molecule has 86 valence electrons. The van der Waals surface area contributed by atoms with E-state index in [4.69, 9.17) is 0 Å². The van der Waals surface area contributed by atoms with Crippen LogP contribution < -0.4 is 10.4 Å². The zero-order valence-electron chi connectivity index (χ0n) is 10.2. The summed E-state index contributed by atoms with van der Waals surface area (Å²) in [6, 6.07) is 21.1. The second kappa shape index (κ2) is 4.15. The third kappa shape index (κ3) is 1.82. The summed E-state index contributed by atoms with van der Waals surface area (Å²) in [5.74, 6) is 0. The lowest BCUT2D eigenvalue weighted by molar-refractivity contribution is 1.53. The molecule has 0 N–H and O–H groups in total. The summed E-state index contributed by atoms with van der Waals surface area (Å²) in [6.45, 7) is 7.95. The molecule has 0 nitrogen and oxygen atoms in total. The van der Waals surface area contributed by atoms with E-state index in [1.807, 2.05) is 6.07 Å². The third-order valence-corrected chi connectivity index (χ3v) is 3.29. The Bertz CT molecular complexity index is 813. The first-order valence-corrected chi connectivity index (χ1v) is 6.01. The third-order valence-electron chi connectivity index (χ3n) is 3.29. The van der Waals surface area contributed by atoms with E-state index in [-0.39, 0.29) is 0 Å². The lowest BCUT2D eigenvalue weighted by Crippen LogP contribution is -2.20. The molecule has 0 saturated heterocycles. The molecule has 3 rings (SSSR count). The van der Waals surface area contributed by atoms with Crippen LogP contribution in [0.4, 0.5) is 0 Å². The van der Waals surface area contributed by atoms with Gasteiger partial charge in [0.25, 0.3) is 0 Å². The van der Waals surface area contributed by atoms with Gasteiger partial charge in [-0.15, -0.1) is 0 Å². The van der Waals surface area contributed by atoms with Crippen molar-refractivity contribution in [2.75, 3.05) is 0 Å². The van der Waals surface area contributed by atoms with E-state index in [9.17, 15) is 0 Å². The molecule has 0 heteroatoms. The van der Waals surface area contributed by atoms with Gasteiger partial charge in [0.1, 0.15) is 0 Å². The van der Waals surface area contributed by atoms with Crippen molar-refractivity contribution in [2.24, 2.45) is 0 Å². The van der Waals surface area contributed by atoms with Crippen LogP contribution in [0, 0.1) is 0 Å². The van der Waals surface area contributed by atoms with Crippen LogP contribution in [0.5, 0.6) is 0 Å². The van der Waals surface area contributed by atoms with Gasteiger partial charge in [-0.1, -0.05) is 61.7 Å². The molecule has 0 spiro atoms. The number of benzene rings is 3. The maximum absolute atomic E-state index is 4.01. The molecule has 0 bridgehead atoms. The van der Waals surface area contributed by atoms with Gasteiger partial charge in [0.15, 0.2) is 0 Å². The molecule has 18 heavy (non-hydrogen) atoms. The molecular formula is C18H14. The van der Waals surface area contributed by atoms with Crippen molar-refractivity contribution in [1.82, 2.24) is 0 Å². The molecule has 0 amide bonds. The molecule has 3 aromatic rings. The Morgan fingerprint density at radius 3 is 2.00 bits per heavy atom. The fourth-order valence-corrected chi connectivity index (χ4v) is 2.17. The topological polar surface area (TPSA) is 0 Å². The molecule has 0 atom stereocenters. The fraction of sp³-hybridized carbons (Fsp3) is 0. The number of fused-ring (bicyclic) bond motifs is 1. The average molecular weight is 230 g/mol. The second-order valence-corrected chi connectivity index (χ2v) is 4.55. The Balaban J connectivity index is 2.22. The van der Waals surface area contributed by atoms with Crippen LogP contribution in [0.1, 0.15) is 0 Å². The van der Waals surface area contributed by atoms with Crippen molar-refractivity contribution in [2.45, 2.75) is 0 Å². The number of hydrogen-bond donors (Lipinski definition) is 0. The van der Waals surface area contributed by atoms with Crippen LogP contribution in [-0.2, 0) is 0 Å². The highest BCUT2D eigenvalue weighted by atomic mass is 14.0. The first kappa shape index (κ1) is 10.8. The Hall–Kier alpha value is -2.34. The van der Waals surface area contributed by atoms with Crippen LogP contribution in [0.25, 0.3) is 35.1 Å². The lowest BCUT2D eigenvalue weighted by atomic mass is 10.0. The summed E-state index contributed by atoms with van der Waals surface area (Å²) in [5.41, 5.74) is 2.41. The molecule has 0 unspecified atom stereocenters. The SMILES string of the molecule is C=c1ccc(-c2ccc3ccccc3c2)cc1=C. The van der Waals surface area contributed by atoms with Crippen LogP contribution >= 0.6 is 0 Å². The molecule has 0 saturated carbocycles. The number of hydrogen-bond acceptors (Lipinski definition) is 0. The summed E-state index contributed by atoms with van der Waals surface area (Å²) in [6.07, 6.45) is 0. The summed E-state index contributed by atoms with van der Waals surface area (Å²) >= 11 is 0. The van der Waals surface area contributed by atoms with E-state index >= 15 is 0 Å². The first-order valence-electron chi connectivity index (χ1n) is 6.01. The van der Waals surface area contributed by atoms with Gasteiger partial charge in [-0.05, 0) is 44.5 Å². The van der Waals surface area contributed by atoms with Crippen molar-refractivity contribution >= 4 is 23.9 Å². The molecular weight excluding hydrogens is 216 g/mol. The minimum absolute atomic E-state index is 0.986. The maximum Gasteiger partial charge on any atom is -0.0177 e. The number of rotatable bonds is 1. The van der Waals surface area contributed by atoms with Crippen molar-refractivity contribution in [3.05, 3.63) is 71.1 Å². The van der Waals surface area contributed by atoms with E-state index in [1.165, 1.54) is 21.9 Å². The van der Waals surface area contributed by atoms with Gasteiger partial charge in [-0.2, -0.15) is 0 Å². The summed E-state index contributed by atoms with van der Waals surface area (Å²) in [7, 11) is 0. The molecule has 3 aromatic carbocycles. The smallest absolute Gasteiger partial charge is 0.0177 e. The normalized spacial score (nSPS) is 10.7. The van der Waals surface area contributed by atoms with Gasteiger partial charge in [0.05, 0.1) is 0 Å². The van der Waals surface area contributed by atoms with E-state index in [1.54, 1.807) is 0 Å². The van der Waals surface area contributed by atoms with Crippen LogP contribution in [0.15, 0.2) is 60.7 Å². The zero-order chi connectivity index (χ0) is 12.5. The van der Waals surface area contributed by atoms with Crippen molar-refractivity contribution in [3.63, 3.8) is 0 Å². The minimum atomic E-state index is 0.986. The predicted molar refractivity (Wildman–Crippen MR) is 79.7 cm³/mol. The largest absolute Gasteiger partial charge is 0.0912 e. The highest BCUT2D eigenvalue weighted by Crippen LogP contribution is 2.22. The Morgan fingerprint density at radius 1 is 0.556 bits per heavy atom. The van der Waals surface area contributed by atoms with Gasteiger partial charge >= 0.3 is 0 Å². The molecule has 0 aliphatic carbocycles. The fourth-order valence-electron chi connectivity index (χ4n) is 2.17. The van der Waals surface area contributed by atoms with Gasteiger partial charge in [0.2, 0.25) is 0 Å². The van der Waals surface area contributed by atoms with Gasteiger partial charge in [0, 0.05) is 0 Å². The Kier molecular flexibility index (Phi) is 2.49.